The van der Waals surface area contributed by atoms with Crippen LogP contribution in [-0.2, 0) is 26.7 Å². The Morgan fingerprint density at radius 3 is 1.48 bits per heavy atom. The van der Waals surface area contributed by atoms with Gasteiger partial charge in [0.1, 0.15) is 18.2 Å². The number of carbonyl (C=O) groups excluding carboxylic acids is 2. The van der Waals surface area contributed by atoms with Gasteiger partial charge in [-0.15, -0.1) is 10.2 Å². The normalized spacial score (nSPS) is 20.9. The van der Waals surface area contributed by atoms with Crippen molar-refractivity contribution in [3.63, 3.8) is 0 Å². The van der Waals surface area contributed by atoms with Gasteiger partial charge in [-0.25, -0.2) is 38.7 Å². The summed E-state index contributed by atoms with van der Waals surface area (Å²) in [6.07, 6.45) is 0.720. The van der Waals surface area contributed by atoms with Crippen LogP contribution in [0, 0.1) is 22.7 Å². The fourth-order valence-corrected chi connectivity index (χ4v) is 15.4. The van der Waals surface area contributed by atoms with Crippen molar-refractivity contribution in [1.82, 2.24) is 48.9 Å². The first-order valence-corrected chi connectivity index (χ1v) is 36.0. The van der Waals surface area contributed by atoms with Crippen LogP contribution in [0.4, 0.5) is 49.6 Å². The van der Waals surface area contributed by atoms with Crippen LogP contribution in [0.25, 0.3) is 11.6 Å². The topological polar surface area (TPSA) is 292 Å². The molecule has 24 nitrogen and oxygen atoms in total. The number of carbonyl (C=O) groups is 2. The van der Waals surface area contributed by atoms with Crippen molar-refractivity contribution in [3.8, 4) is 34.9 Å². The first kappa shape index (κ1) is 69.9. The van der Waals surface area contributed by atoms with Gasteiger partial charge in [0, 0.05) is 61.8 Å². The minimum absolute atomic E-state index is 0.00840. The van der Waals surface area contributed by atoms with Gasteiger partial charge in [0.05, 0.1) is 35.2 Å². The second-order valence-electron chi connectivity index (χ2n) is 27.5. The van der Waals surface area contributed by atoms with E-state index in [0.29, 0.717) is 49.4 Å². The lowest BCUT2D eigenvalue weighted by atomic mass is 9.93. The highest BCUT2D eigenvalue weighted by atomic mass is 32.2. The third-order valence-corrected chi connectivity index (χ3v) is 21.8. The molecule has 1 aromatic carbocycles. The molecule has 2 saturated heterocycles. The predicted octanol–water partition coefficient (Wildman–Crippen LogP) is 11.5. The number of nitrogens with one attached hydrogen (secondary N) is 4. The van der Waals surface area contributed by atoms with Crippen LogP contribution in [0.2, 0.25) is 0 Å². The first-order chi connectivity index (χ1) is 46.9. The zero-order chi connectivity index (χ0) is 70.3. The van der Waals surface area contributed by atoms with Crippen LogP contribution >= 0.6 is 0 Å². The molecule has 6 aromatic heterocycles. The summed E-state index contributed by atoms with van der Waals surface area (Å²) in [7, 11) is -8.85. The summed E-state index contributed by atoms with van der Waals surface area (Å²) in [4.78, 5) is 49.6. The van der Waals surface area contributed by atoms with Crippen LogP contribution in [0.15, 0.2) is 113 Å². The number of anilines is 4. The van der Waals surface area contributed by atoms with Gasteiger partial charge in [-0.3, -0.25) is 9.59 Å². The molecular weight excluding hydrogens is 1340 g/mol. The highest BCUT2D eigenvalue weighted by molar-refractivity contribution is 7.90. The minimum atomic E-state index is -4.43. The van der Waals surface area contributed by atoms with Gasteiger partial charge < -0.3 is 39.8 Å². The second-order valence-corrected chi connectivity index (χ2v) is 30.8. The number of fused-ring (bicyclic) bond motifs is 12. The first-order valence-electron chi connectivity index (χ1n) is 33.0. The summed E-state index contributed by atoms with van der Waals surface area (Å²) < 4.78 is 158. The highest BCUT2D eigenvalue weighted by Crippen LogP contribution is 2.61. The number of rotatable bonds is 15. The van der Waals surface area contributed by atoms with Crippen molar-refractivity contribution >= 4 is 55.1 Å². The standard InChI is InChI=1S/C37H42F3N7O5S.C30H36F3N7O5S/c1-35(2)22-26-10-6-19-41-32-28(52-24-25-8-4-3-5-9-25)12-14-31(43-32)53(49,50)45-34(48)27-11-13-29(42-33(27)46(35)23-26)47-20-15-30(44-47)51-21-7-16-36(17-18-36)37(38,39)40;1-28(2)17-19-5-3-14-34-25-21(41)7-9-24(36-25)46(43,44)38-27(42)20-6-8-22(35-26(20)39(28)18-19)40-15-10-23(37-40)45-16-4-11-29(12-13-29)30(31,32)33/h3-5,8-9,11-15,20,26H,6-7,10,16-19,21-24H2,1-2H3,(H,41,43)(H,45,48);6-10,15,19,41H,3-5,11-14,16-18H2,1-2H3,(H,34,36)(H,38,42)/t26-;19-/m00/s1. The quantitative estimate of drug-likeness (QED) is 0.0471. The van der Waals surface area contributed by atoms with Gasteiger partial charge in [0.15, 0.2) is 44.8 Å². The van der Waals surface area contributed by atoms with E-state index >= 15 is 0 Å². The molecule has 2 saturated carbocycles. The summed E-state index contributed by atoms with van der Waals surface area (Å²) in [6, 6.07) is 24.0. The monoisotopic (exact) mass is 1420 g/mol. The Bertz CT molecular complexity index is 4360. The lowest BCUT2D eigenvalue weighted by Crippen LogP contribution is -2.41. The van der Waals surface area contributed by atoms with Gasteiger partial charge in [0.25, 0.3) is 31.9 Å². The average molecular weight is 1420 g/mol. The van der Waals surface area contributed by atoms with E-state index in [1.807, 2.05) is 54.0 Å². The van der Waals surface area contributed by atoms with Crippen molar-refractivity contribution < 1.29 is 72.1 Å². The minimum Gasteiger partial charge on any atom is -0.504 e. The van der Waals surface area contributed by atoms with Crippen molar-refractivity contribution in [1.29, 1.82) is 0 Å². The van der Waals surface area contributed by atoms with Crippen molar-refractivity contribution in [2.24, 2.45) is 22.7 Å². The van der Waals surface area contributed by atoms with Gasteiger partial charge in [-0.2, -0.15) is 43.2 Å². The Labute approximate surface area is 568 Å². The number of ether oxygens (including phenoxy) is 3. The number of halogens is 6. The summed E-state index contributed by atoms with van der Waals surface area (Å²) in [5.41, 5.74) is -2.97. The molecule has 4 aliphatic heterocycles. The molecule has 0 spiro atoms. The van der Waals surface area contributed by atoms with E-state index in [1.54, 1.807) is 30.6 Å². The summed E-state index contributed by atoms with van der Waals surface area (Å²) >= 11 is 0. The van der Waals surface area contributed by atoms with E-state index in [0.717, 1.165) is 50.2 Å². The number of pyridine rings is 4. The molecule has 0 unspecified atom stereocenters. The number of hydrogen-bond acceptors (Lipinski definition) is 20. The number of aromatic hydroxyl groups is 1. The molecule has 5 N–H and O–H groups in total. The Hall–Kier alpha value is -8.94. The maximum Gasteiger partial charge on any atom is 0.394 e. The molecule has 2 aliphatic carbocycles. The Morgan fingerprint density at radius 1 is 0.566 bits per heavy atom. The van der Waals surface area contributed by atoms with Crippen molar-refractivity contribution in [3.05, 3.63) is 120 Å². The maximum atomic E-state index is 13.9. The van der Waals surface area contributed by atoms with Crippen molar-refractivity contribution in [2.45, 2.75) is 158 Å². The van der Waals surface area contributed by atoms with Crippen LogP contribution in [-0.4, -0.2) is 136 Å². The lowest BCUT2D eigenvalue weighted by Gasteiger charge is -2.34. The number of sulfonamides is 2. The van der Waals surface area contributed by atoms with Crippen LogP contribution < -0.4 is 44.1 Å². The lowest BCUT2D eigenvalue weighted by molar-refractivity contribution is -0.190. The molecule has 6 aliphatic rings. The molecule has 2 amide bonds. The van der Waals surface area contributed by atoms with Crippen LogP contribution in [0.1, 0.15) is 144 Å². The maximum absolute atomic E-state index is 13.9. The molecule has 7 aromatic rings. The zero-order valence-corrected chi connectivity index (χ0v) is 56.6. The Balaban J connectivity index is 0.000000190. The Morgan fingerprint density at radius 2 is 1.02 bits per heavy atom. The number of nitrogens with zero attached hydrogens (tertiary/aromatic N) is 10. The molecular formula is C67H78F6N14O10S2. The third-order valence-electron chi connectivity index (χ3n) is 19.3. The van der Waals surface area contributed by atoms with E-state index in [9.17, 15) is 57.9 Å². The van der Waals surface area contributed by atoms with Gasteiger partial charge >= 0.3 is 12.4 Å². The van der Waals surface area contributed by atoms with Crippen molar-refractivity contribution in [2.75, 3.05) is 59.8 Å². The molecule has 13 rings (SSSR count). The summed E-state index contributed by atoms with van der Waals surface area (Å²) in [6.45, 7) is 10.8. The predicted molar refractivity (Wildman–Crippen MR) is 352 cm³/mol. The number of aromatic nitrogens is 8. The molecule has 8 bridgehead atoms. The molecule has 99 heavy (non-hydrogen) atoms. The van der Waals surface area contributed by atoms with Crippen LogP contribution in [0.5, 0.6) is 23.3 Å². The Kier molecular flexibility index (Phi) is 19.3. The van der Waals surface area contributed by atoms with Crippen LogP contribution in [0.3, 0.4) is 0 Å². The molecule has 10 heterocycles. The number of alkyl halides is 6. The summed E-state index contributed by atoms with van der Waals surface area (Å²) in [5, 5.41) is 24.5. The van der Waals surface area contributed by atoms with Gasteiger partial charge in [-0.05, 0) is 184 Å². The number of hydrogen-bond donors (Lipinski definition) is 5. The van der Waals surface area contributed by atoms with E-state index in [-0.39, 0.29) is 134 Å². The molecule has 32 heteroatoms. The molecule has 4 fully saturated rings. The fourth-order valence-electron chi connectivity index (χ4n) is 13.6. The smallest absolute Gasteiger partial charge is 0.394 e. The SMILES string of the molecule is CC1(C)C[C@@H]2CCCNc3nc(ccc3O)S(=O)(=O)NC(=O)c3ccc(-n4ccc(OCCCC5(C(F)(F)F)CC5)n4)nc3N1C2.CC1(C)C[C@@H]2CCCNc3nc(ccc3OCc3ccccc3)S(=O)(=O)NC(=O)c3ccc(-n4ccc(OCCCC5(C(F)(F)F)CC5)n4)nc3N1C2. The third kappa shape index (κ3) is 15.6. The number of benzene rings is 1. The van der Waals surface area contributed by atoms with Gasteiger partial charge in [0.2, 0.25) is 11.8 Å². The molecule has 530 valence electrons. The zero-order valence-electron chi connectivity index (χ0n) is 55.0. The summed E-state index contributed by atoms with van der Waals surface area (Å²) in [5.74, 6) is 0.910. The molecule has 0 radical (unpaired) electrons. The largest absolute Gasteiger partial charge is 0.504 e. The van der Waals surface area contributed by atoms with E-state index in [2.05, 4.69) is 54.1 Å². The van der Waals surface area contributed by atoms with E-state index in [4.69, 9.17) is 24.2 Å². The van der Waals surface area contributed by atoms with E-state index < -0.39 is 71.1 Å². The highest BCUT2D eigenvalue weighted by Gasteiger charge is 2.63. The van der Waals surface area contributed by atoms with Gasteiger partial charge in [-0.1, -0.05) is 30.3 Å². The molecule has 2 atom stereocenters. The average Bonchev–Trinajstić information content (AvgIpc) is 1.20. The number of amides is 2. The second kappa shape index (κ2) is 27.3. The van der Waals surface area contributed by atoms with E-state index in [1.165, 1.54) is 45.8 Å². The fraction of sp³-hybridized carbons (Fsp3) is 0.493.